The van der Waals surface area contributed by atoms with E-state index in [0.29, 0.717) is 18.2 Å². The first-order chi connectivity index (χ1) is 10.8. The smallest absolute Gasteiger partial charge is 0.252 e. The lowest BCUT2D eigenvalue weighted by Crippen LogP contribution is -2.26. The first-order valence-electron chi connectivity index (χ1n) is 7.82. The van der Waals surface area contributed by atoms with Gasteiger partial charge in [-0.05, 0) is 37.5 Å². The zero-order chi connectivity index (χ0) is 15.4. The molecule has 1 heterocycles. The number of hydrogen-bond acceptors (Lipinski definition) is 3. The number of carbonyl (C=O) groups excluding carboxylic acids is 1. The molecular formula is C18H21N3O. The number of nitrogens with one attached hydrogen (secondary N) is 1. The summed E-state index contributed by atoms with van der Waals surface area (Å²) < 4.78 is 0. The minimum atomic E-state index is -0.0671. The van der Waals surface area contributed by atoms with Crippen molar-refractivity contribution in [3.8, 4) is 0 Å². The zero-order valence-electron chi connectivity index (χ0n) is 12.8. The van der Waals surface area contributed by atoms with Crippen LogP contribution in [0.3, 0.4) is 0 Å². The molecule has 22 heavy (non-hydrogen) atoms. The van der Waals surface area contributed by atoms with Crippen LogP contribution in [-0.4, -0.2) is 23.5 Å². The molecule has 1 amide bonds. The van der Waals surface area contributed by atoms with Crippen molar-refractivity contribution in [2.75, 3.05) is 11.4 Å². The fraction of sp³-hybridized carbons (Fsp3) is 0.333. The molecule has 0 radical (unpaired) electrons. The fourth-order valence-electron chi connectivity index (χ4n) is 2.52. The van der Waals surface area contributed by atoms with Crippen LogP contribution < -0.4 is 10.2 Å². The molecule has 0 aliphatic heterocycles. The normalized spacial score (nSPS) is 13.7. The first kappa shape index (κ1) is 14.6. The van der Waals surface area contributed by atoms with Gasteiger partial charge in [0, 0.05) is 25.3 Å². The van der Waals surface area contributed by atoms with Crippen molar-refractivity contribution in [3.05, 3.63) is 59.8 Å². The van der Waals surface area contributed by atoms with Crippen LogP contribution in [0.15, 0.2) is 48.7 Å². The molecular weight excluding hydrogens is 274 g/mol. The molecule has 0 saturated heterocycles. The van der Waals surface area contributed by atoms with Crippen molar-refractivity contribution in [1.29, 1.82) is 0 Å². The Bertz CT molecular complexity index is 621. The van der Waals surface area contributed by atoms with E-state index in [0.717, 1.165) is 12.4 Å². The first-order valence-corrected chi connectivity index (χ1v) is 7.82. The van der Waals surface area contributed by atoms with Gasteiger partial charge >= 0.3 is 0 Å². The van der Waals surface area contributed by atoms with Crippen molar-refractivity contribution < 1.29 is 4.79 Å². The average Bonchev–Trinajstić information content (AvgIpc) is 3.39. The van der Waals surface area contributed by atoms with E-state index >= 15 is 0 Å². The van der Waals surface area contributed by atoms with Gasteiger partial charge in [-0.2, -0.15) is 0 Å². The maximum Gasteiger partial charge on any atom is 0.252 e. The molecule has 4 heteroatoms. The Morgan fingerprint density at radius 1 is 1.23 bits per heavy atom. The van der Waals surface area contributed by atoms with Gasteiger partial charge in [-0.3, -0.25) is 4.79 Å². The van der Waals surface area contributed by atoms with E-state index in [2.05, 4.69) is 39.5 Å². The van der Waals surface area contributed by atoms with Crippen LogP contribution in [-0.2, 0) is 6.54 Å². The molecule has 2 aromatic rings. The third-order valence-electron chi connectivity index (χ3n) is 3.83. The van der Waals surface area contributed by atoms with Crippen LogP contribution in [0.1, 0.15) is 35.7 Å². The van der Waals surface area contributed by atoms with E-state index in [1.54, 1.807) is 6.20 Å². The second kappa shape index (κ2) is 6.60. The van der Waals surface area contributed by atoms with E-state index in [1.165, 1.54) is 18.4 Å². The molecule has 1 aromatic carbocycles. The standard InChI is InChI=1S/C18H21N3O/c1-2-19-18(22)15-8-11-17(20-12-15)21(16-9-10-16)13-14-6-4-3-5-7-14/h3-8,11-12,16H,2,9-10,13H2,1H3,(H,19,22). The number of hydrogen-bond donors (Lipinski definition) is 1. The largest absolute Gasteiger partial charge is 0.352 e. The molecule has 1 fully saturated rings. The Labute approximate surface area is 131 Å². The summed E-state index contributed by atoms with van der Waals surface area (Å²) in [4.78, 5) is 18.6. The van der Waals surface area contributed by atoms with Crippen molar-refractivity contribution >= 4 is 11.7 Å². The second-order valence-electron chi connectivity index (χ2n) is 5.61. The van der Waals surface area contributed by atoms with E-state index < -0.39 is 0 Å². The van der Waals surface area contributed by atoms with Crippen molar-refractivity contribution in [2.24, 2.45) is 0 Å². The van der Waals surface area contributed by atoms with Crippen LogP contribution >= 0.6 is 0 Å². The van der Waals surface area contributed by atoms with Gasteiger partial charge in [0.2, 0.25) is 0 Å². The van der Waals surface area contributed by atoms with Crippen molar-refractivity contribution in [2.45, 2.75) is 32.4 Å². The SMILES string of the molecule is CCNC(=O)c1ccc(N(Cc2ccccc2)C2CC2)nc1. The van der Waals surface area contributed by atoms with Gasteiger partial charge < -0.3 is 10.2 Å². The van der Waals surface area contributed by atoms with Crippen molar-refractivity contribution in [1.82, 2.24) is 10.3 Å². The van der Waals surface area contributed by atoms with Gasteiger partial charge in [-0.15, -0.1) is 0 Å². The highest BCUT2D eigenvalue weighted by Gasteiger charge is 2.30. The maximum atomic E-state index is 11.8. The number of aromatic nitrogens is 1. The molecule has 114 valence electrons. The van der Waals surface area contributed by atoms with E-state index in [1.807, 2.05) is 25.1 Å². The predicted octanol–water partition coefficient (Wildman–Crippen LogP) is 3.00. The molecule has 3 rings (SSSR count). The van der Waals surface area contributed by atoms with Gasteiger partial charge in [0.15, 0.2) is 0 Å². The third-order valence-corrected chi connectivity index (χ3v) is 3.83. The summed E-state index contributed by atoms with van der Waals surface area (Å²) in [5, 5.41) is 2.79. The topological polar surface area (TPSA) is 45.2 Å². The fourth-order valence-corrected chi connectivity index (χ4v) is 2.52. The number of anilines is 1. The van der Waals surface area contributed by atoms with Gasteiger partial charge in [0.05, 0.1) is 5.56 Å². The highest BCUT2D eigenvalue weighted by molar-refractivity contribution is 5.94. The number of pyridine rings is 1. The lowest BCUT2D eigenvalue weighted by Gasteiger charge is -2.23. The quantitative estimate of drug-likeness (QED) is 0.891. The highest BCUT2D eigenvalue weighted by atomic mass is 16.1. The Morgan fingerprint density at radius 2 is 2.00 bits per heavy atom. The van der Waals surface area contributed by atoms with Crippen LogP contribution in [0.2, 0.25) is 0 Å². The molecule has 1 aliphatic rings. The van der Waals surface area contributed by atoms with E-state index in [9.17, 15) is 4.79 Å². The van der Waals surface area contributed by atoms with E-state index in [4.69, 9.17) is 0 Å². The lowest BCUT2D eigenvalue weighted by atomic mass is 10.2. The number of amides is 1. The highest BCUT2D eigenvalue weighted by Crippen LogP contribution is 2.32. The predicted molar refractivity (Wildman–Crippen MR) is 87.9 cm³/mol. The van der Waals surface area contributed by atoms with Crippen LogP contribution in [0, 0.1) is 0 Å². The summed E-state index contributed by atoms with van der Waals surface area (Å²) in [5.74, 6) is 0.877. The monoisotopic (exact) mass is 295 g/mol. The number of carbonyl (C=O) groups is 1. The summed E-state index contributed by atoms with van der Waals surface area (Å²) >= 11 is 0. The molecule has 1 aliphatic carbocycles. The summed E-state index contributed by atoms with van der Waals surface area (Å²) in [6.45, 7) is 3.40. The Kier molecular flexibility index (Phi) is 4.37. The van der Waals surface area contributed by atoms with Crippen LogP contribution in [0.4, 0.5) is 5.82 Å². The lowest BCUT2D eigenvalue weighted by molar-refractivity contribution is 0.0955. The molecule has 0 bridgehead atoms. The molecule has 1 N–H and O–H groups in total. The minimum absolute atomic E-state index is 0.0671. The number of nitrogens with zero attached hydrogens (tertiary/aromatic N) is 2. The maximum absolute atomic E-state index is 11.8. The Balaban J connectivity index is 1.76. The zero-order valence-corrected chi connectivity index (χ0v) is 12.8. The summed E-state index contributed by atoms with van der Waals surface area (Å²) in [7, 11) is 0. The summed E-state index contributed by atoms with van der Waals surface area (Å²) in [6, 6.07) is 14.8. The minimum Gasteiger partial charge on any atom is -0.352 e. The summed E-state index contributed by atoms with van der Waals surface area (Å²) in [5.41, 5.74) is 1.89. The van der Waals surface area contributed by atoms with Gasteiger partial charge in [-0.1, -0.05) is 30.3 Å². The average molecular weight is 295 g/mol. The second-order valence-corrected chi connectivity index (χ2v) is 5.61. The summed E-state index contributed by atoms with van der Waals surface area (Å²) in [6.07, 6.45) is 4.10. The molecule has 4 nitrogen and oxygen atoms in total. The molecule has 0 spiro atoms. The van der Waals surface area contributed by atoms with Crippen LogP contribution in [0.5, 0.6) is 0 Å². The Hall–Kier alpha value is -2.36. The van der Waals surface area contributed by atoms with Gasteiger partial charge in [0.25, 0.3) is 5.91 Å². The molecule has 1 saturated carbocycles. The van der Waals surface area contributed by atoms with E-state index in [-0.39, 0.29) is 5.91 Å². The number of benzene rings is 1. The molecule has 0 atom stereocenters. The molecule has 0 unspecified atom stereocenters. The Morgan fingerprint density at radius 3 is 2.59 bits per heavy atom. The van der Waals surface area contributed by atoms with Gasteiger partial charge in [0.1, 0.15) is 5.82 Å². The third kappa shape index (κ3) is 3.45. The molecule has 1 aromatic heterocycles. The van der Waals surface area contributed by atoms with Crippen molar-refractivity contribution in [3.63, 3.8) is 0 Å². The van der Waals surface area contributed by atoms with Crippen LogP contribution in [0.25, 0.3) is 0 Å². The number of rotatable bonds is 6. The van der Waals surface area contributed by atoms with Gasteiger partial charge in [-0.25, -0.2) is 4.98 Å².